The largest absolute Gasteiger partial charge is 0.435 e. The Kier molecular flexibility index (Phi) is 5.31. The lowest BCUT2D eigenvalue weighted by Gasteiger charge is -2.15. The van der Waals surface area contributed by atoms with E-state index in [9.17, 15) is 21.6 Å². The van der Waals surface area contributed by atoms with Crippen LogP contribution in [0.2, 0.25) is 0 Å². The van der Waals surface area contributed by atoms with E-state index in [1.807, 2.05) is 39.0 Å². The molecule has 1 aromatic heterocycles. The number of benzene rings is 2. The Morgan fingerprint density at radius 2 is 1.66 bits per heavy atom. The number of hydrogen-bond donors (Lipinski definition) is 1. The van der Waals surface area contributed by atoms with Gasteiger partial charge in [-0.05, 0) is 54.8 Å². The van der Waals surface area contributed by atoms with E-state index >= 15 is 0 Å². The molecule has 3 aromatic rings. The number of hydrogen-bond acceptors (Lipinski definition) is 3. The Balaban J connectivity index is 2.26. The van der Waals surface area contributed by atoms with E-state index in [-0.39, 0.29) is 16.5 Å². The molecule has 0 atom stereocenters. The maximum Gasteiger partial charge on any atom is 0.435 e. The fourth-order valence-electron chi connectivity index (χ4n) is 3.08. The minimum absolute atomic E-state index is 0.0769. The van der Waals surface area contributed by atoms with Crippen molar-refractivity contribution in [3.05, 3.63) is 65.4 Å². The van der Waals surface area contributed by atoms with Gasteiger partial charge in [-0.25, -0.2) is 18.2 Å². The molecular weight excluding hydrogens is 403 g/mol. The van der Waals surface area contributed by atoms with Crippen molar-refractivity contribution in [2.24, 2.45) is 5.14 Å². The van der Waals surface area contributed by atoms with Gasteiger partial charge >= 0.3 is 6.18 Å². The van der Waals surface area contributed by atoms with Gasteiger partial charge in [0.2, 0.25) is 10.0 Å². The number of aromatic nitrogens is 2. The number of sulfonamides is 1. The van der Waals surface area contributed by atoms with Crippen LogP contribution >= 0.6 is 0 Å². The van der Waals surface area contributed by atoms with Gasteiger partial charge in [0.1, 0.15) is 0 Å². The van der Waals surface area contributed by atoms with Gasteiger partial charge in [-0.2, -0.15) is 18.3 Å². The summed E-state index contributed by atoms with van der Waals surface area (Å²) in [6, 6.07) is 11.9. The van der Waals surface area contributed by atoms with E-state index in [0.717, 1.165) is 17.2 Å². The van der Waals surface area contributed by atoms with Gasteiger partial charge in [-0.15, -0.1) is 0 Å². The number of primary sulfonamides is 1. The Morgan fingerprint density at radius 1 is 1.03 bits per heavy atom. The lowest BCUT2D eigenvalue weighted by Crippen LogP contribution is -2.12. The van der Waals surface area contributed by atoms with Crippen LogP contribution in [0.25, 0.3) is 16.9 Å². The molecule has 3 rings (SSSR count). The lowest BCUT2D eigenvalue weighted by molar-refractivity contribution is -0.141. The Labute approximate surface area is 167 Å². The van der Waals surface area contributed by atoms with E-state index in [1.54, 1.807) is 0 Å². The SMILES string of the molecule is Cc1ccc(C(C)C)c(-c2cc(C(F)(F)F)nn2-c2ccc(S(N)(=O)=O)cc2)c1. The summed E-state index contributed by atoms with van der Waals surface area (Å²) in [7, 11) is -3.92. The van der Waals surface area contributed by atoms with Crippen molar-refractivity contribution in [3.8, 4) is 16.9 Å². The molecule has 0 aliphatic heterocycles. The molecule has 29 heavy (non-hydrogen) atoms. The molecule has 9 heteroatoms. The quantitative estimate of drug-likeness (QED) is 0.664. The standard InChI is InChI=1S/C20H20F3N3O2S/c1-12(2)16-9-4-13(3)10-17(16)18-11-19(20(21,22)23)25-26(18)14-5-7-15(8-6-14)29(24,27)28/h4-12H,1-3H3,(H2,24,27,28). The minimum atomic E-state index is -4.62. The third kappa shape index (κ3) is 4.35. The third-order valence-corrected chi connectivity index (χ3v) is 5.45. The molecule has 0 radical (unpaired) electrons. The van der Waals surface area contributed by atoms with Crippen molar-refractivity contribution >= 4 is 10.0 Å². The number of nitrogens with two attached hydrogens (primary N) is 1. The summed E-state index contributed by atoms with van der Waals surface area (Å²) in [6.07, 6.45) is -4.62. The predicted octanol–water partition coefficient (Wildman–Crippen LogP) is 4.64. The van der Waals surface area contributed by atoms with E-state index in [4.69, 9.17) is 5.14 Å². The second-order valence-electron chi connectivity index (χ2n) is 7.11. The molecule has 0 unspecified atom stereocenters. The van der Waals surface area contributed by atoms with Crippen LogP contribution in [-0.4, -0.2) is 18.2 Å². The average molecular weight is 423 g/mol. The highest BCUT2D eigenvalue weighted by molar-refractivity contribution is 7.89. The highest BCUT2D eigenvalue weighted by Gasteiger charge is 2.35. The van der Waals surface area contributed by atoms with Crippen LogP contribution in [0.3, 0.4) is 0 Å². The second-order valence-corrected chi connectivity index (χ2v) is 8.67. The zero-order chi connectivity index (χ0) is 21.6. The van der Waals surface area contributed by atoms with Crippen LogP contribution in [0, 0.1) is 6.92 Å². The number of nitrogens with zero attached hydrogens (tertiary/aromatic N) is 2. The third-order valence-electron chi connectivity index (χ3n) is 4.52. The van der Waals surface area contributed by atoms with Gasteiger partial charge in [-0.1, -0.05) is 31.5 Å². The van der Waals surface area contributed by atoms with Crippen molar-refractivity contribution in [2.75, 3.05) is 0 Å². The monoisotopic (exact) mass is 423 g/mol. The molecule has 154 valence electrons. The number of halogens is 3. The first-order chi connectivity index (χ1) is 13.4. The topological polar surface area (TPSA) is 78.0 Å². The molecule has 0 amide bonds. The maximum atomic E-state index is 13.4. The molecule has 5 nitrogen and oxygen atoms in total. The second kappa shape index (κ2) is 7.31. The predicted molar refractivity (Wildman–Crippen MR) is 104 cm³/mol. The summed E-state index contributed by atoms with van der Waals surface area (Å²) in [5.74, 6) is 0.0769. The van der Waals surface area contributed by atoms with Crippen molar-refractivity contribution in [1.82, 2.24) is 9.78 Å². The summed E-state index contributed by atoms with van der Waals surface area (Å²) < 4.78 is 64.3. The fourth-order valence-corrected chi connectivity index (χ4v) is 3.60. The van der Waals surface area contributed by atoms with E-state index < -0.39 is 21.9 Å². The molecule has 0 saturated heterocycles. The molecule has 2 aromatic carbocycles. The van der Waals surface area contributed by atoms with E-state index in [2.05, 4.69) is 5.10 Å². The smallest absolute Gasteiger partial charge is 0.232 e. The zero-order valence-electron chi connectivity index (χ0n) is 16.0. The number of rotatable bonds is 4. The molecule has 0 spiro atoms. The van der Waals surface area contributed by atoms with Gasteiger partial charge in [0.05, 0.1) is 16.3 Å². The lowest BCUT2D eigenvalue weighted by atomic mass is 9.93. The van der Waals surface area contributed by atoms with Crippen LogP contribution in [0.15, 0.2) is 53.4 Å². The molecule has 2 N–H and O–H groups in total. The van der Waals surface area contributed by atoms with Crippen LogP contribution in [0.1, 0.15) is 36.6 Å². The summed E-state index contributed by atoms with van der Waals surface area (Å²) in [4.78, 5) is -0.135. The summed E-state index contributed by atoms with van der Waals surface area (Å²) in [5, 5.41) is 8.86. The first kappa shape index (κ1) is 21.1. The number of alkyl halides is 3. The summed E-state index contributed by atoms with van der Waals surface area (Å²) in [5.41, 5.74) is 1.95. The normalized spacial score (nSPS) is 12.6. The van der Waals surface area contributed by atoms with E-state index in [1.165, 1.54) is 28.9 Å². The average Bonchev–Trinajstić information content (AvgIpc) is 3.06. The van der Waals surface area contributed by atoms with Gasteiger partial charge < -0.3 is 0 Å². The van der Waals surface area contributed by atoms with Crippen molar-refractivity contribution in [2.45, 2.75) is 37.8 Å². The van der Waals surface area contributed by atoms with Crippen LogP contribution in [0.4, 0.5) is 13.2 Å². The zero-order valence-corrected chi connectivity index (χ0v) is 16.8. The molecule has 0 bridgehead atoms. The van der Waals surface area contributed by atoms with Crippen LogP contribution in [0.5, 0.6) is 0 Å². The van der Waals surface area contributed by atoms with E-state index in [0.29, 0.717) is 11.3 Å². The molecule has 0 saturated carbocycles. The summed E-state index contributed by atoms with van der Waals surface area (Å²) in [6.45, 7) is 5.78. The highest BCUT2D eigenvalue weighted by Crippen LogP contribution is 2.36. The molecule has 1 heterocycles. The van der Waals surface area contributed by atoms with Crippen molar-refractivity contribution in [1.29, 1.82) is 0 Å². The van der Waals surface area contributed by atoms with Gasteiger partial charge in [0, 0.05) is 5.56 Å². The van der Waals surface area contributed by atoms with Crippen LogP contribution in [-0.2, 0) is 16.2 Å². The Morgan fingerprint density at radius 3 is 2.17 bits per heavy atom. The summed E-state index contributed by atoms with van der Waals surface area (Å²) >= 11 is 0. The highest BCUT2D eigenvalue weighted by atomic mass is 32.2. The van der Waals surface area contributed by atoms with Crippen molar-refractivity contribution < 1.29 is 21.6 Å². The Hall–Kier alpha value is -2.65. The molecular formula is C20H20F3N3O2S. The fraction of sp³-hybridized carbons (Fsp3) is 0.250. The molecule has 0 aliphatic carbocycles. The van der Waals surface area contributed by atoms with Crippen LogP contribution < -0.4 is 5.14 Å². The first-order valence-corrected chi connectivity index (χ1v) is 10.3. The maximum absolute atomic E-state index is 13.4. The molecule has 0 aliphatic rings. The Bertz CT molecular complexity index is 1150. The van der Waals surface area contributed by atoms with Gasteiger partial charge in [-0.3, -0.25) is 0 Å². The first-order valence-electron chi connectivity index (χ1n) is 8.79. The number of aryl methyl sites for hydroxylation is 1. The molecule has 0 fully saturated rings. The minimum Gasteiger partial charge on any atom is -0.232 e. The van der Waals surface area contributed by atoms with Gasteiger partial charge in [0.25, 0.3) is 0 Å². The van der Waals surface area contributed by atoms with Gasteiger partial charge in [0.15, 0.2) is 5.69 Å². The van der Waals surface area contributed by atoms with Crippen molar-refractivity contribution in [3.63, 3.8) is 0 Å².